The molecule has 0 amide bonds. The third-order valence-corrected chi connectivity index (χ3v) is 3.38. The van der Waals surface area contributed by atoms with E-state index in [1.54, 1.807) is 0 Å². The van der Waals surface area contributed by atoms with E-state index in [4.69, 9.17) is 11.6 Å². The second-order valence-corrected chi connectivity index (χ2v) is 4.74. The molecule has 0 fully saturated rings. The van der Waals surface area contributed by atoms with E-state index in [0.29, 0.717) is 5.02 Å². The molecule has 2 nitrogen and oxygen atoms in total. The second kappa shape index (κ2) is 6.24. The van der Waals surface area contributed by atoms with Gasteiger partial charge in [-0.05, 0) is 25.2 Å². The number of rotatable bonds is 4. The molecule has 1 rings (SSSR count). The molecule has 1 atom stereocenters. The van der Waals surface area contributed by atoms with E-state index in [1.165, 1.54) is 0 Å². The van der Waals surface area contributed by atoms with Gasteiger partial charge in [0.25, 0.3) is 0 Å². The van der Waals surface area contributed by atoms with Gasteiger partial charge in [0.1, 0.15) is 6.04 Å². The third-order valence-electron chi connectivity index (χ3n) is 2.56. The Morgan fingerprint density at radius 3 is 2.50 bits per heavy atom. The van der Waals surface area contributed by atoms with Crippen molar-refractivity contribution in [3.05, 3.63) is 33.3 Å². The largest absolute Gasteiger partial charge is 0.285 e. The minimum absolute atomic E-state index is 0.268. The molecule has 0 N–H and O–H groups in total. The van der Waals surface area contributed by atoms with Crippen LogP contribution in [-0.4, -0.2) is 18.0 Å². The normalized spacial score (nSPS) is 12.5. The van der Waals surface area contributed by atoms with E-state index in [0.717, 1.165) is 23.1 Å². The molecule has 86 valence electrons. The topological polar surface area (TPSA) is 27.0 Å². The summed E-state index contributed by atoms with van der Waals surface area (Å²) >= 11 is 9.51. The molecule has 0 radical (unpaired) electrons. The summed E-state index contributed by atoms with van der Waals surface area (Å²) in [6.45, 7) is 5.75. The summed E-state index contributed by atoms with van der Waals surface area (Å²) in [5.41, 5.74) is 0.871. The summed E-state index contributed by atoms with van der Waals surface area (Å²) < 4.78 is 0.928. The van der Waals surface area contributed by atoms with Crippen LogP contribution in [0.15, 0.2) is 22.7 Å². The zero-order valence-electron chi connectivity index (χ0n) is 9.37. The predicted molar refractivity (Wildman–Crippen MR) is 70.4 cm³/mol. The molecule has 0 aromatic heterocycles. The van der Waals surface area contributed by atoms with Crippen LogP contribution < -0.4 is 0 Å². The molecule has 0 saturated carbocycles. The molecule has 0 spiro atoms. The Balaban J connectivity index is 3.09. The molecule has 0 bridgehead atoms. The van der Waals surface area contributed by atoms with Crippen molar-refractivity contribution < 1.29 is 0 Å². The fourth-order valence-corrected chi connectivity index (χ4v) is 2.44. The van der Waals surface area contributed by atoms with Crippen molar-refractivity contribution in [2.45, 2.75) is 19.9 Å². The van der Waals surface area contributed by atoms with Crippen molar-refractivity contribution in [1.82, 2.24) is 4.90 Å². The van der Waals surface area contributed by atoms with Crippen molar-refractivity contribution >= 4 is 27.5 Å². The van der Waals surface area contributed by atoms with Crippen LogP contribution in [0.1, 0.15) is 25.5 Å². The average molecular weight is 302 g/mol. The van der Waals surface area contributed by atoms with E-state index in [2.05, 4.69) is 26.9 Å². The molecular formula is C12H14BrClN2. The predicted octanol–water partition coefficient (Wildman–Crippen LogP) is 4.01. The number of hydrogen-bond donors (Lipinski definition) is 0. The number of nitrogens with zero attached hydrogens (tertiary/aromatic N) is 2. The van der Waals surface area contributed by atoms with Gasteiger partial charge < -0.3 is 0 Å². The Morgan fingerprint density at radius 1 is 1.44 bits per heavy atom. The Morgan fingerprint density at radius 2 is 2.06 bits per heavy atom. The number of benzene rings is 1. The molecule has 0 saturated heterocycles. The van der Waals surface area contributed by atoms with E-state index in [9.17, 15) is 5.26 Å². The van der Waals surface area contributed by atoms with Crippen LogP contribution >= 0.6 is 27.5 Å². The lowest BCUT2D eigenvalue weighted by Gasteiger charge is -2.24. The maximum atomic E-state index is 9.24. The lowest BCUT2D eigenvalue weighted by molar-refractivity contribution is 0.262. The highest BCUT2D eigenvalue weighted by molar-refractivity contribution is 9.10. The fourth-order valence-electron chi connectivity index (χ4n) is 1.66. The summed E-state index contributed by atoms with van der Waals surface area (Å²) in [7, 11) is 0. The highest BCUT2D eigenvalue weighted by Gasteiger charge is 2.19. The number of hydrogen-bond acceptors (Lipinski definition) is 2. The maximum absolute atomic E-state index is 9.24. The maximum Gasteiger partial charge on any atom is 0.125 e. The van der Waals surface area contributed by atoms with E-state index in [-0.39, 0.29) is 6.04 Å². The SMILES string of the molecule is CCN(CC)C(C#N)c1ccc(Br)cc1Cl. The zero-order chi connectivity index (χ0) is 12.1. The van der Waals surface area contributed by atoms with Gasteiger partial charge in [-0.15, -0.1) is 0 Å². The van der Waals surface area contributed by atoms with Gasteiger partial charge in [0.05, 0.1) is 6.07 Å². The standard InChI is InChI=1S/C12H14BrClN2/c1-3-16(4-2)12(8-15)10-6-5-9(13)7-11(10)14/h5-7,12H,3-4H2,1-2H3. The van der Waals surface area contributed by atoms with Crippen LogP contribution in [0, 0.1) is 11.3 Å². The summed E-state index contributed by atoms with van der Waals surface area (Å²) in [5, 5.41) is 9.88. The van der Waals surface area contributed by atoms with Gasteiger partial charge in [-0.3, -0.25) is 4.90 Å². The Labute approximate surface area is 110 Å². The minimum atomic E-state index is -0.268. The minimum Gasteiger partial charge on any atom is -0.285 e. The third kappa shape index (κ3) is 2.98. The monoisotopic (exact) mass is 300 g/mol. The first kappa shape index (κ1) is 13.5. The highest BCUT2D eigenvalue weighted by atomic mass is 79.9. The zero-order valence-corrected chi connectivity index (χ0v) is 11.7. The molecule has 1 aromatic rings. The van der Waals surface area contributed by atoms with Gasteiger partial charge in [0, 0.05) is 15.1 Å². The van der Waals surface area contributed by atoms with Gasteiger partial charge in [-0.25, -0.2) is 0 Å². The van der Waals surface area contributed by atoms with Gasteiger partial charge >= 0.3 is 0 Å². The lowest BCUT2D eigenvalue weighted by Crippen LogP contribution is -2.27. The van der Waals surface area contributed by atoms with Crippen molar-refractivity contribution in [2.24, 2.45) is 0 Å². The molecule has 0 heterocycles. The van der Waals surface area contributed by atoms with Crippen molar-refractivity contribution in [1.29, 1.82) is 5.26 Å². The molecule has 0 aliphatic carbocycles. The Bertz CT molecular complexity index is 396. The summed E-state index contributed by atoms with van der Waals surface area (Å²) in [6.07, 6.45) is 0. The fraction of sp³-hybridized carbons (Fsp3) is 0.417. The molecule has 1 aromatic carbocycles. The first-order chi connectivity index (χ1) is 7.63. The van der Waals surface area contributed by atoms with Crippen LogP contribution in [-0.2, 0) is 0 Å². The summed E-state index contributed by atoms with van der Waals surface area (Å²) in [6, 6.07) is 7.68. The highest BCUT2D eigenvalue weighted by Crippen LogP contribution is 2.29. The first-order valence-electron chi connectivity index (χ1n) is 5.22. The van der Waals surface area contributed by atoms with Crippen molar-refractivity contribution in [2.75, 3.05) is 13.1 Å². The number of halogens is 2. The quantitative estimate of drug-likeness (QED) is 0.840. The van der Waals surface area contributed by atoms with Gasteiger partial charge in [0.15, 0.2) is 0 Å². The average Bonchev–Trinajstić information content (AvgIpc) is 2.27. The van der Waals surface area contributed by atoms with E-state index >= 15 is 0 Å². The molecular weight excluding hydrogens is 288 g/mol. The molecule has 16 heavy (non-hydrogen) atoms. The lowest BCUT2D eigenvalue weighted by atomic mass is 10.1. The summed E-state index contributed by atoms with van der Waals surface area (Å²) in [4.78, 5) is 2.08. The van der Waals surface area contributed by atoms with Crippen molar-refractivity contribution in [3.63, 3.8) is 0 Å². The van der Waals surface area contributed by atoms with Gasteiger partial charge in [-0.1, -0.05) is 47.4 Å². The molecule has 0 aliphatic heterocycles. The Kier molecular flexibility index (Phi) is 5.27. The first-order valence-corrected chi connectivity index (χ1v) is 6.39. The summed E-state index contributed by atoms with van der Waals surface area (Å²) in [5.74, 6) is 0. The molecule has 0 aliphatic rings. The second-order valence-electron chi connectivity index (χ2n) is 3.42. The number of nitriles is 1. The Hall–Kier alpha value is -0.560. The smallest absolute Gasteiger partial charge is 0.125 e. The van der Waals surface area contributed by atoms with Crippen LogP contribution in [0.3, 0.4) is 0 Å². The van der Waals surface area contributed by atoms with Gasteiger partial charge in [-0.2, -0.15) is 5.26 Å². The van der Waals surface area contributed by atoms with Crippen LogP contribution in [0.25, 0.3) is 0 Å². The molecule has 1 unspecified atom stereocenters. The van der Waals surface area contributed by atoms with E-state index < -0.39 is 0 Å². The molecule has 4 heteroatoms. The van der Waals surface area contributed by atoms with Crippen LogP contribution in [0.2, 0.25) is 5.02 Å². The van der Waals surface area contributed by atoms with Crippen molar-refractivity contribution in [3.8, 4) is 6.07 Å². The van der Waals surface area contributed by atoms with Gasteiger partial charge in [0.2, 0.25) is 0 Å². The van der Waals surface area contributed by atoms with Crippen LogP contribution in [0.5, 0.6) is 0 Å². The van der Waals surface area contributed by atoms with E-state index in [1.807, 2.05) is 32.0 Å². The van der Waals surface area contributed by atoms with Crippen LogP contribution in [0.4, 0.5) is 0 Å².